The fourth-order valence-electron chi connectivity index (χ4n) is 3.17. The highest BCUT2D eigenvalue weighted by Gasteiger charge is 2.38. The summed E-state index contributed by atoms with van der Waals surface area (Å²) in [5.74, 6) is 0. The topological polar surface area (TPSA) is 18.5 Å². The Morgan fingerprint density at radius 3 is 2.42 bits per heavy atom. The monoisotopic (exact) mass is 259 g/mol. The normalized spacial score (nSPS) is 27.5. The maximum atomic E-state index is 3.69. The lowest BCUT2D eigenvalue weighted by atomic mass is 10.2. The molecule has 2 unspecified atom stereocenters. The summed E-state index contributed by atoms with van der Waals surface area (Å²) in [5.41, 5.74) is 2.50. The van der Waals surface area contributed by atoms with Crippen molar-refractivity contribution in [2.24, 2.45) is 0 Å². The van der Waals surface area contributed by atoms with Gasteiger partial charge in [0.05, 0.1) is 0 Å². The van der Waals surface area contributed by atoms with Gasteiger partial charge in [0.2, 0.25) is 0 Å². The maximum absolute atomic E-state index is 3.69. The van der Waals surface area contributed by atoms with Gasteiger partial charge in [0, 0.05) is 50.1 Å². The van der Waals surface area contributed by atoms with E-state index in [0.717, 1.165) is 12.1 Å². The first-order valence-corrected chi connectivity index (χ1v) is 7.43. The maximum Gasteiger partial charge on any atom is 0.0403 e. The van der Waals surface area contributed by atoms with Gasteiger partial charge in [-0.3, -0.25) is 4.90 Å². The second-order valence-electron chi connectivity index (χ2n) is 6.30. The van der Waals surface area contributed by atoms with Crippen LogP contribution in [0.2, 0.25) is 0 Å². The minimum atomic E-state index is 0.612. The Labute approximate surface area is 116 Å². The molecule has 104 valence electrons. The highest BCUT2D eigenvalue weighted by atomic mass is 15.3. The van der Waals surface area contributed by atoms with Gasteiger partial charge in [-0.15, -0.1) is 0 Å². The van der Waals surface area contributed by atoms with E-state index in [1.807, 2.05) is 0 Å². The molecule has 3 nitrogen and oxygen atoms in total. The van der Waals surface area contributed by atoms with Crippen LogP contribution < -0.4 is 10.2 Å². The van der Waals surface area contributed by atoms with Crippen LogP contribution in [0.3, 0.4) is 0 Å². The third-order valence-electron chi connectivity index (χ3n) is 4.39. The van der Waals surface area contributed by atoms with E-state index in [9.17, 15) is 0 Å². The number of nitrogens with one attached hydrogen (secondary N) is 1. The molecule has 1 aliphatic heterocycles. The molecular formula is C16H25N3. The minimum absolute atomic E-state index is 0.612. The lowest BCUT2D eigenvalue weighted by Crippen LogP contribution is -2.31. The van der Waals surface area contributed by atoms with E-state index in [2.05, 4.69) is 60.4 Å². The highest BCUT2D eigenvalue weighted by molar-refractivity contribution is 5.54. The number of hydrogen-bond acceptors (Lipinski definition) is 3. The van der Waals surface area contributed by atoms with Crippen LogP contribution >= 0.6 is 0 Å². The number of rotatable bonds is 4. The molecule has 0 bridgehead atoms. The molecule has 1 saturated carbocycles. The van der Waals surface area contributed by atoms with Crippen LogP contribution in [-0.2, 0) is 0 Å². The number of nitrogens with zero attached hydrogens (tertiary/aromatic N) is 2. The third-order valence-corrected chi connectivity index (χ3v) is 4.39. The lowest BCUT2D eigenvalue weighted by Gasteiger charge is -2.20. The molecule has 1 aromatic rings. The van der Waals surface area contributed by atoms with Crippen molar-refractivity contribution in [2.75, 3.05) is 30.9 Å². The van der Waals surface area contributed by atoms with Crippen molar-refractivity contribution < 1.29 is 0 Å². The fraction of sp³-hybridized carbons (Fsp3) is 0.625. The summed E-state index contributed by atoms with van der Waals surface area (Å²) < 4.78 is 0. The van der Waals surface area contributed by atoms with E-state index in [4.69, 9.17) is 0 Å². The van der Waals surface area contributed by atoms with Gasteiger partial charge in [0.15, 0.2) is 0 Å². The first-order valence-electron chi connectivity index (χ1n) is 7.43. The molecule has 1 heterocycles. The van der Waals surface area contributed by atoms with Crippen molar-refractivity contribution >= 4 is 11.4 Å². The lowest BCUT2D eigenvalue weighted by molar-refractivity contribution is 0.257. The van der Waals surface area contributed by atoms with Crippen LogP contribution in [0.1, 0.15) is 26.2 Å². The summed E-state index contributed by atoms with van der Waals surface area (Å²) in [6.45, 7) is 3.58. The van der Waals surface area contributed by atoms with Crippen molar-refractivity contribution in [1.29, 1.82) is 0 Å². The molecule has 2 fully saturated rings. The Hall–Kier alpha value is -1.22. The Bertz CT molecular complexity index is 422. The molecule has 1 aliphatic carbocycles. The van der Waals surface area contributed by atoms with Gasteiger partial charge < -0.3 is 10.2 Å². The Morgan fingerprint density at radius 2 is 1.84 bits per heavy atom. The number of likely N-dealkylation sites (tertiary alicyclic amines) is 1. The van der Waals surface area contributed by atoms with E-state index in [1.165, 1.54) is 37.2 Å². The smallest absolute Gasteiger partial charge is 0.0403 e. The second-order valence-corrected chi connectivity index (χ2v) is 6.30. The van der Waals surface area contributed by atoms with Crippen molar-refractivity contribution in [2.45, 2.75) is 44.3 Å². The average molecular weight is 259 g/mol. The van der Waals surface area contributed by atoms with E-state index >= 15 is 0 Å². The fourth-order valence-corrected chi connectivity index (χ4v) is 3.17. The Balaban J connectivity index is 1.59. The van der Waals surface area contributed by atoms with Crippen molar-refractivity contribution in [1.82, 2.24) is 4.90 Å². The van der Waals surface area contributed by atoms with Crippen LogP contribution in [0.15, 0.2) is 24.3 Å². The van der Waals surface area contributed by atoms with Crippen LogP contribution in [0.5, 0.6) is 0 Å². The van der Waals surface area contributed by atoms with Gasteiger partial charge in [-0.25, -0.2) is 0 Å². The van der Waals surface area contributed by atoms with Crippen LogP contribution in [0.25, 0.3) is 0 Å². The predicted octanol–water partition coefficient (Wildman–Crippen LogP) is 2.79. The molecule has 19 heavy (non-hydrogen) atoms. The summed E-state index contributed by atoms with van der Waals surface area (Å²) in [6.07, 6.45) is 4.09. The van der Waals surface area contributed by atoms with Crippen molar-refractivity contribution in [3.63, 3.8) is 0 Å². The Kier molecular flexibility index (Phi) is 3.40. The summed E-state index contributed by atoms with van der Waals surface area (Å²) in [5, 5.41) is 3.69. The highest BCUT2D eigenvalue weighted by Crippen LogP contribution is 2.34. The third kappa shape index (κ3) is 2.86. The van der Waals surface area contributed by atoms with E-state index in [1.54, 1.807) is 0 Å². The molecule has 0 spiro atoms. The molecular weight excluding hydrogens is 234 g/mol. The van der Waals surface area contributed by atoms with Crippen molar-refractivity contribution in [3.8, 4) is 0 Å². The minimum Gasteiger partial charge on any atom is -0.381 e. The van der Waals surface area contributed by atoms with Gasteiger partial charge in [-0.05, 0) is 50.5 Å². The molecule has 3 heteroatoms. The van der Waals surface area contributed by atoms with Crippen molar-refractivity contribution in [3.05, 3.63) is 24.3 Å². The Morgan fingerprint density at radius 1 is 1.16 bits per heavy atom. The predicted molar refractivity (Wildman–Crippen MR) is 82.0 cm³/mol. The van der Waals surface area contributed by atoms with E-state index in [-0.39, 0.29) is 0 Å². The molecule has 2 aliphatic rings. The van der Waals surface area contributed by atoms with E-state index < -0.39 is 0 Å². The molecule has 0 aromatic heterocycles. The SMILES string of the molecule is CC1CC(Nc2ccc(N(C)C)cc2)CN1C1CC1. The quantitative estimate of drug-likeness (QED) is 0.897. The molecule has 0 amide bonds. The summed E-state index contributed by atoms with van der Waals surface area (Å²) >= 11 is 0. The van der Waals surface area contributed by atoms with Crippen LogP contribution in [-0.4, -0.2) is 43.7 Å². The van der Waals surface area contributed by atoms with E-state index in [0.29, 0.717) is 6.04 Å². The molecule has 3 rings (SSSR count). The summed E-state index contributed by atoms with van der Waals surface area (Å²) in [6, 6.07) is 11.0. The van der Waals surface area contributed by atoms with Crippen LogP contribution in [0.4, 0.5) is 11.4 Å². The first kappa shape index (κ1) is 12.8. The van der Waals surface area contributed by atoms with Crippen LogP contribution in [0, 0.1) is 0 Å². The van der Waals surface area contributed by atoms with Gasteiger partial charge in [-0.1, -0.05) is 0 Å². The number of benzene rings is 1. The van der Waals surface area contributed by atoms with Gasteiger partial charge in [0.25, 0.3) is 0 Å². The zero-order valence-corrected chi connectivity index (χ0v) is 12.3. The number of anilines is 2. The molecule has 1 aromatic carbocycles. The average Bonchev–Trinajstić information content (AvgIpc) is 3.15. The first-order chi connectivity index (χ1) is 9.13. The molecule has 1 saturated heterocycles. The second kappa shape index (κ2) is 5.04. The zero-order chi connectivity index (χ0) is 13.4. The van der Waals surface area contributed by atoms with Gasteiger partial charge in [0.1, 0.15) is 0 Å². The van der Waals surface area contributed by atoms with Gasteiger partial charge in [-0.2, -0.15) is 0 Å². The standard InChI is InChI=1S/C16H25N3/c1-12-10-14(11-19(12)16-8-9-16)17-13-4-6-15(7-5-13)18(2)3/h4-7,12,14,16-17H,8-11H2,1-3H3. The molecule has 2 atom stereocenters. The summed E-state index contributed by atoms with van der Waals surface area (Å²) in [4.78, 5) is 4.82. The molecule has 0 radical (unpaired) electrons. The van der Waals surface area contributed by atoms with Gasteiger partial charge >= 0.3 is 0 Å². The largest absolute Gasteiger partial charge is 0.381 e. The molecule has 1 N–H and O–H groups in total. The number of hydrogen-bond donors (Lipinski definition) is 1. The zero-order valence-electron chi connectivity index (χ0n) is 12.3. The summed E-state index contributed by atoms with van der Waals surface area (Å²) in [7, 11) is 4.16.